The van der Waals surface area contributed by atoms with Crippen molar-refractivity contribution < 1.29 is 0 Å². The summed E-state index contributed by atoms with van der Waals surface area (Å²) < 4.78 is 0. The van der Waals surface area contributed by atoms with E-state index in [0.717, 1.165) is 6.42 Å². The van der Waals surface area contributed by atoms with Crippen LogP contribution in [0, 0.1) is 11.5 Å². The lowest BCUT2D eigenvalue weighted by Gasteiger charge is -2.39. The van der Waals surface area contributed by atoms with Crippen LogP contribution in [0.15, 0.2) is 0 Å². The van der Waals surface area contributed by atoms with Crippen LogP contribution in [0.1, 0.15) is 32.6 Å². The Morgan fingerprint density at radius 2 is 2.33 bits per heavy atom. The van der Waals surface area contributed by atoms with Gasteiger partial charge in [0.05, 0.1) is 0 Å². The molecule has 0 atom stereocenters. The average molecular weight is 124 g/mol. The predicted molar refractivity (Wildman–Crippen MR) is 35.6 cm³/mol. The Morgan fingerprint density at radius 1 is 1.67 bits per heavy atom. The van der Waals surface area contributed by atoms with Gasteiger partial charge in [0.25, 0.3) is 0 Å². The van der Waals surface area contributed by atoms with Crippen LogP contribution in [0.3, 0.4) is 0 Å². The fourth-order valence-electron chi connectivity index (χ4n) is 1.29. The number of hydrogen-bond donors (Lipinski definition) is 1. The second-order valence-corrected chi connectivity index (χ2v) is 2.72. The van der Waals surface area contributed by atoms with Crippen molar-refractivity contribution in [2.24, 2.45) is 0 Å². The van der Waals surface area contributed by atoms with Crippen LogP contribution in [-0.4, -0.2) is 5.54 Å². The lowest BCUT2D eigenvalue weighted by Crippen LogP contribution is -2.47. The van der Waals surface area contributed by atoms with E-state index in [0.29, 0.717) is 0 Å². The number of hydrogen-bond acceptors (Lipinski definition) is 2. The molecular formula is C7H12N2. The van der Waals surface area contributed by atoms with Gasteiger partial charge in [-0.15, -0.1) is 0 Å². The fraction of sp³-hybridized carbons (Fsp3) is 0.857. The Labute approximate surface area is 55.9 Å². The monoisotopic (exact) mass is 124 g/mol. The van der Waals surface area contributed by atoms with Gasteiger partial charge in [-0.3, -0.25) is 0 Å². The minimum atomic E-state index is 0.203. The van der Waals surface area contributed by atoms with E-state index in [-0.39, 0.29) is 5.54 Å². The average Bonchev–Trinajstić information content (AvgIpc) is 1.79. The molecule has 0 heterocycles. The first kappa shape index (κ1) is 6.41. The molecule has 0 aromatic rings. The smallest absolute Gasteiger partial charge is 0.177 e. The highest BCUT2D eigenvalue weighted by Gasteiger charge is 2.34. The van der Waals surface area contributed by atoms with Crippen molar-refractivity contribution in [3.8, 4) is 6.19 Å². The molecule has 0 aromatic heterocycles. The standard InChI is InChI=1S/C7H12N2/c1-2-7(9-6-8)4-3-5-7/h9H,2-5H2,1H3. The van der Waals surface area contributed by atoms with Crippen LogP contribution in [0.2, 0.25) is 0 Å². The molecule has 1 rings (SSSR count). The van der Waals surface area contributed by atoms with Crippen molar-refractivity contribution in [1.29, 1.82) is 5.26 Å². The van der Waals surface area contributed by atoms with Crippen molar-refractivity contribution >= 4 is 0 Å². The largest absolute Gasteiger partial charge is 0.318 e. The summed E-state index contributed by atoms with van der Waals surface area (Å²) in [5, 5.41) is 11.2. The number of nitrogens with one attached hydrogen (secondary N) is 1. The Morgan fingerprint density at radius 3 is 2.44 bits per heavy atom. The summed E-state index contributed by atoms with van der Waals surface area (Å²) in [6, 6.07) is 0. The van der Waals surface area contributed by atoms with Gasteiger partial charge in [0, 0.05) is 5.54 Å². The van der Waals surface area contributed by atoms with Gasteiger partial charge < -0.3 is 5.32 Å². The number of nitrogens with zero attached hydrogens (tertiary/aromatic N) is 1. The first-order valence-corrected chi connectivity index (χ1v) is 3.49. The molecule has 0 spiro atoms. The quantitative estimate of drug-likeness (QED) is 0.446. The van der Waals surface area contributed by atoms with Gasteiger partial charge in [-0.1, -0.05) is 6.92 Å². The summed E-state index contributed by atoms with van der Waals surface area (Å²) in [5.74, 6) is 0. The summed E-state index contributed by atoms with van der Waals surface area (Å²) >= 11 is 0. The maximum absolute atomic E-state index is 8.34. The van der Waals surface area contributed by atoms with Crippen LogP contribution < -0.4 is 5.32 Å². The zero-order valence-corrected chi connectivity index (χ0v) is 5.78. The molecular weight excluding hydrogens is 112 g/mol. The first-order valence-electron chi connectivity index (χ1n) is 3.49. The molecule has 1 fully saturated rings. The lowest BCUT2D eigenvalue weighted by molar-refractivity contribution is 0.204. The van der Waals surface area contributed by atoms with Crippen molar-refractivity contribution in [2.45, 2.75) is 38.1 Å². The molecule has 0 saturated heterocycles. The van der Waals surface area contributed by atoms with Gasteiger partial charge in [-0.05, 0) is 25.7 Å². The molecule has 2 heteroatoms. The molecule has 0 radical (unpaired) electrons. The number of rotatable bonds is 2. The van der Waals surface area contributed by atoms with E-state index < -0.39 is 0 Å². The van der Waals surface area contributed by atoms with Gasteiger partial charge in [0.1, 0.15) is 0 Å². The minimum Gasteiger partial charge on any atom is -0.318 e. The highest BCUT2D eigenvalue weighted by atomic mass is 15.0. The molecule has 2 nitrogen and oxygen atoms in total. The zero-order chi connectivity index (χ0) is 6.74. The molecule has 0 bridgehead atoms. The summed E-state index contributed by atoms with van der Waals surface area (Å²) in [4.78, 5) is 0. The van der Waals surface area contributed by atoms with Gasteiger partial charge >= 0.3 is 0 Å². The summed E-state index contributed by atoms with van der Waals surface area (Å²) in [7, 11) is 0. The minimum absolute atomic E-state index is 0.203. The van der Waals surface area contributed by atoms with Gasteiger partial charge in [-0.25, -0.2) is 0 Å². The Bertz CT molecular complexity index is 125. The first-order chi connectivity index (χ1) is 4.33. The van der Waals surface area contributed by atoms with Crippen LogP contribution >= 0.6 is 0 Å². The Balaban J connectivity index is 2.39. The van der Waals surface area contributed by atoms with Gasteiger partial charge in [-0.2, -0.15) is 5.26 Å². The Kier molecular flexibility index (Phi) is 1.61. The van der Waals surface area contributed by atoms with Crippen molar-refractivity contribution in [3.63, 3.8) is 0 Å². The van der Waals surface area contributed by atoms with Crippen molar-refractivity contribution in [1.82, 2.24) is 5.32 Å². The maximum Gasteiger partial charge on any atom is 0.177 e. The molecule has 50 valence electrons. The normalized spacial score (nSPS) is 21.8. The van der Waals surface area contributed by atoms with Gasteiger partial charge in [0.15, 0.2) is 6.19 Å². The molecule has 1 saturated carbocycles. The van der Waals surface area contributed by atoms with E-state index in [1.807, 2.05) is 6.19 Å². The third-order valence-electron chi connectivity index (χ3n) is 2.31. The van der Waals surface area contributed by atoms with Crippen molar-refractivity contribution in [2.75, 3.05) is 0 Å². The summed E-state index contributed by atoms with van der Waals surface area (Å²) in [6.07, 6.45) is 6.73. The highest BCUT2D eigenvalue weighted by molar-refractivity contribution is 4.98. The van der Waals surface area contributed by atoms with E-state index in [2.05, 4.69) is 12.2 Å². The van der Waals surface area contributed by atoms with E-state index in [1.165, 1.54) is 19.3 Å². The fourth-order valence-corrected chi connectivity index (χ4v) is 1.29. The molecule has 9 heavy (non-hydrogen) atoms. The van der Waals surface area contributed by atoms with Crippen LogP contribution in [0.5, 0.6) is 0 Å². The molecule has 0 amide bonds. The second kappa shape index (κ2) is 2.26. The Hall–Kier alpha value is -0.710. The SMILES string of the molecule is CCC1(NC#N)CCC1. The van der Waals surface area contributed by atoms with E-state index in [1.54, 1.807) is 0 Å². The molecule has 1 N–H and O–H groups in total. The predicted octanol–water partition coefficient (Wildman–Crippen LogP) is 1.39. The van der Waals surface area contributed by atoms with E-state index in [9.17, 15) is 0 Å². The summed E-state index contributed by atoms with van der Waals surface area (Å²) in [5.41, 5.74) is 0.203. The lowest BCUT2D eigenvalue weighted by atomic mass is 9.75. The van der Waals surface area contributed by atoms with Crippen LogP contribution in [-0.2, 0) is 0 Å². The molecule has 0 aliphatic heterocycles. The van der Waals surface area contributed by atoms with Crippen molar-refractivity contribution in [3.05, 3.63) is 0 Å². The van der Waals surface area contributed by atoms with E-state index >= 15 is 0 Å². The van der Waals surface area contributed by atoms with Crippen LogP contribution in [0.4, 0.5) is 0 Å². The molecule has 1 aliphatic rings. The topological polar surface area (TPSA) is 35.8 Å². The summed E-state index contributed by atoms with van der Waals surface area (Å²) in [6.45, 7) is 2.13. The molecule has 1 aliphatic carbocycles. The molecule has 0 unspecified atom stereocenters. The maximum atomic E-state index is 8.34. The second-order valence-electron chi connectivity index (χ2n) is 2.72. The zero-order valence-electron chi connectivity index (χ0n) is 5.78. The third-order valence-corrected chi connectivity index (χ3v) is 2.31. The molecule has 0 aromatic carbocycles. The highest BCUT2D eigenvalue weighted by Crippen LogP contribution is 2.33. The third kappa shape index (κ3) is 0.999. The van der Waals surface area contributed by atoms with E-state index in [4.69, 9.17) is 5.26 Å². The van der Waals surface area contributed by atoms with Crippen LogP contribution in [0.25, 0.3) is 0 Å². The van der Waals surface area contributed by atoms with Gasteiger partial charge in [0.2, 0.25) is 0 Å². The number of nitriles is 1.